The lowest BCUT2D eigenvalue weighted by atomic mass is 10.4. The molecule has 1 heterocycles. The minimum atomic E-state index is -0.319. The van der Waals surface area contributed by atoms with Gasteiger partial charge in [0.05, 0.1) is 26.4 Å². The van der Waals surface area contributed by atoms with Gasteiger partial charge in [-0.2, -0.15) is 0 Å². The van der Waals surface area contributed by atoms with Gasteiger partial charge in [0, 0.05) is 6.92 Å². The summed E-state index contributed by atoms with van der Waals surface area (Å²) >= 11 is 0. The Morgan fingerprint density at radius 1 is 1.62 bits per heavy atom. The van der Waals surface area contributed by atoms with Crippen LogP contribution in [-0.4, -0.2) is 51.2 Å². The summed E-state index contributed by atoms with van der Waals surface area (Å²) in [5.74, 6) is -0.319. The second kappa shape index (κ2) is 7.38. The van der Waals surface area contributed by atoms with E-state index in [0.717, 1.165) is 6.61 Å². The van der Waals surface area contributed by atoms with Crippen molar-refractivity contribution >= 4 is 5.97 Å². The molecule has 0 saturated carbocycles. The highest BCUT2D eigenvalue weighted by molar-refractivity contribution is 5.65. The van der Waals surface area contributed by atoms with Crippen molar-refractivity contribution in [3.05, 3.63) is 12.7 Å². The zero-order chi connectivity index (χ0) is 11.8. The highest BCUT2D eigenvalue weighted by Gasteiger charge is 2.24. The van der Waals surface area contributed by atoms with Gasteiger partial charge in [0.25, 0.3) is 0 Å². The first-order valence-electron chi connectivity index (χ1n) is 5.27. The Hall–Kier alpha value is -0.910. The molecular formula is C11H18O5. The van der Waals surface area contributed by atoms with E-state index in [0.29, 0.717) is 19.8 Å². The van der Waals surface area contributed by atoms with Gasteiger partial charge in [-0.1, -0.05) is 6.08 Å². The molecular weight excluding hydrogens is 212 g/mol. The SMILES string of the molecule is C=CCOCC(COC(C)=O)OCC1CO1. The van der Waals surface area contributed by atoms with Crippen LogP contribution in [-0.2, 0) is 23.7 Å². The molecule has 1 aliphatic heterocycles. The Balaban J connectivity index is 2.15. The molecule has 1 rings (SSSR count). The second-order valence-electron chi connectivity index (χ2n) is 3.54. The maximum atomic E-state index is 10.7. The minimum Gasteiger partial charge on any atom is -0.463 e. The summed E-state index contributed by atoms with van der Waals surface area (Å²) in [6, 6.07) is 0. The van der Waals surface area contributed by atoms with E-state index in [1.165, 1.54) is 6.92 Å². The molecule has 1 aliphatic rings. The normalized spacial score (nSPS) is 20.2. The fraction of sp³-hybridized carbons (Fsp3) is 0.727. The maximum absolute atomic E-state index is 10.7. The summed E-state index contributed by atoms with van der Waals surface area (Å²) in [5.41, 5.74) is 0. The van der Waals surface area contributed by atoms with Gasteiger partial charge in [-0.3, -0.25) is 4.79 Å². The summed E-state index contributed by atoms with van der Waals surface area (Å²) in [6.07, 6.45) is 1.61. The molecule has 1 fully saturated rings. The van der Waals surface area contributed by atoms with Crippen LogP contribution in [0.3, 0.4) is 0 Å². The third-order valence-corrected chi connectivity index (χ3v) is 1.93. The monoisotopic (exact) mass is 230 g/mol. The average Bonchev–Trinajstić information content (AvgIpc) is 3.05. The van der Waals surface area contributed by atoms with E-state index in [-0.39, 0.29) is 24.8 Å². The molecule has 1 saturated heterocycles. The number of carbonyl (C=O) groups excluding carboxylic acids is 1. The van der Waals surface area contributed by atoms with Gasteiger partial charge in [-0.05, 0) is 0 Å². The first-order chi connectivity index (χ1) is 7.72. The molecule has 0 N–H and O–H groups in total. The number of rotatable bonds is 9. The topological polar surface area (TPSA) is 57.3 Å². The summed E-state index contributed by atoms with van der Waals surface area (Å²) in [4.78, 5) is 10.7. The number of hydrogen-bond donors (Lipinski definition) is 0. The van der Waals surface area contributed by atoms with Crippen LogP contribution in [0.1, 0.15) is 6.92 Å². The van der Waals surface area contributed by atoms with Crippen LogP contribution >= 0.6 is 0 Å². The lowest BCUT2D eigenvalue weighted by molar-refractivity contribution is -0.147. The van der Waals surface area contributed by atoms with Gasteiger partial charge < -0.3 is 18.9 Å². The molecule has 0 aromatic carbocycles. The standard InChI is InChI=1S/C11H18O5/c1-3-4-13-5-10(6-14-9(2)12)15-7-11-8-16-11/h3,10-11H,1,4-8H2,2H3. The highest BCUT2D eigenvalue weighted by Crippen LogP contribution is 2.10. The van der Waals surface area contributed by atoms with Gasteiger partial charge in [0.2, 0.25) is 0 Å². The third kappa shape index (κ3) is 6.55. The van der Waals surface area contributed by atoms with Crippen molar-refractivity contribution in [2.24, 2.45) is 0 Å². The molecule has 0 bridgehead atoms. The number of hydrogen-bond acceptors (Lipinski definition) is 5. The number of ether oxygens (including phenoxy) is 4. The number of epoxide rings is 1. The number of esters is 1. The molecule has 0 aliphatic carbocycles. The third-order valence-electron chi connectivity index (χ3n) is 1.93. The van der Waals surface area contributed by atoms with Crippen LogP contribution in [0.4, 0.5) is 0 Å². The quantitative estimate of drug-likeness (QED) is 0.250. The highest BCUT2D eigenvalue weighted by atomic mass is 16.6. The van der Waals surface area contributed by atoms with Crippen molar-refractivity contribution < 1.29 is 23.7 Å². The van der Waals surface area contributed by atoms with Crippen LogP contribution < -0.4 is 0 Å². The zero-order valence-electron chi connectivity index (χ0n) is 9.52. The molecule has 16 heavy (non-hydrogen) atoms. The smallest absolute Gasteiger partial charge is 0.302 e. The first kappa shape index (κ1) is 13.2. The zero-order valence-corrected chi connectivity index (χ0v) is 9.52. The van der Waals surface area contributed by atoms with Crippen LogP contribution in [0, 0.1) is 0 Å². The first-order valence-corrected chi connectivity index (χ1v) is 5.27. The summed E-state index contributed by atoms with van der Waals surface area (Å²) in [7, 11) is 0. The number of carbonyl (C=O) groups is 1. The van der Waals surface area contributed by atoms with Crippen molar-refractivity contribution in [3.8, 4) is 0 Å². The molecule has 0 amide bonds. The van der Waals surface area contributed by atoms with Crippen molar-refractivity contribution in [1.82, 2.24) is 0 Å². The van der Waals surface area contributed by atoms with E-state index < -0.39 is 0 Å². The van der Waals surface area contributed by atoms with Crippen molar-refractivity contribution in [2.45, 2.75) is 19.1 Å². The van der Waals surface area contributed by atoms with Gasteiger partial charge in [0.1, 0.15) is 18.8 Å². The predicted octanol–water partition coefficient (Wildman–Crippen LogP) is 0.536. The largest absolute Gasteiger partial charge is 0.463 e. The lowest BCUT2D eigenvalue weighted by Crippen LogP contribution is -2.28. The van der Waals surface area contributed by atoms with Gasteiger partial charge in [-0.25, -0.2) is 0 Å². The molecule has 2 atom stereocenters. The fourth-order valence-corrected chi connectivity index (χ4v) is 1.05. The van der Waals surface area contributed by atoms with E-state index in [4.69, 9.17) is 18.9 Å². The van der Waals surface area contributed by atoms with Crippen LogP contribution in [0.2, 0.25) is 0 Å². The Bertz CT molecular complexity index is 224. The summed E-state index contributed by atoms with van der Waals surface area (Å²) < 4.78 is 20.7. The molecule has 5 heteroatoms. The summed E-state index contributed by atoms with van der Waals surface area (Å²) in [5, 5.41) is 0. The molecule has 0 spiro atoms. The molecule has 0 aromatic heterocycles. The fourth-order valence-electron chi connectivity index (χ4n) is 1.05. The summed E-state index contributed by atoms with van der Waals surface area (Å²) in [6.45, 7) is 7.22. The van der Waals surface area contributed by atoms with E-state index in [1.54, 1.807) is 6.08 Å². The van der Waals surface area contributed by atoms with Crippen molar-refractivity contribution in [2.75, 3.05) is 33.0 Å². The van der Waals surface area contributed by atoms with Gasteiger partial charge >= 0.3 is 5.97 Å². The molecule has 0 aromatic rings. The second-order valence-corrected chi connectivity index (χ2v) is 3.54. The minimum absolute atomic E-state index is 0.194. The molecule has 92 valence electrons. The Kier molecular flexibility index (Phi) is 6.07. The Morgan fingerprint density at radius 2 is 2.38 bits per heavy atom. The Labute approximate surface area is 95.3 Å². The van der Waals surface area contributed by atoms with Gasteiger partial charge in [0.15, 0.2) is 0 Å². The van der Waals surface area contributed by atoms with Crippen LogP contribution in [0.15, 0.2) is 12.7 Å². The van der Waals surface area contributed by atoms with Crippen molar-refractivity contribution in [3.63, 3.8) is 0 Å². The van der Waals surface area contributed by atoms with Crippen LogP contribution in [0.25, 0.3) is 0 Å². The van der Waals surface area contributed by atoms with Crippen molar-refractivity contribution in [1.29, 1.82) is 0 Å². The van der Waals surface area contributed by atoms with Gasteiger partial charge in [-0.15, -0.1) is 6.58 Å². The molecule has 2 unspecified atom stereocenters. The lowest BCUT2D eigenvalue weighted by Gasteiger charge is -2.16. The predicted molar refractivity (Wildman–Crippen MR) is 57.1 cm³/mol. The van der Waals surface area contributed by atoms with Crippen LogP contribution in [0.5, 0.6) is 0 Å². The van der Waals surface area contributed by atoms with E-state index in [1.807, 2.05) is 0 Å². The average molecular weight is 230 g/mol. The van der Waals surface area contributed by atoms with E-state index in [9.17, 15) is 4.79 Å². The van der Waals surface area contributed by atoms with E-state index in [2.05, 4.69) is 6.58 Å². The maximum Gasteiger partial charge on any atom is 0.302 e. The van der Waals surface area contributed by atoms with E-state index >= 15 is 0 Å². The Morgan fingerprint density at radius 3 is 2.94 bits per heavy atom. The molecule has 0 radical (unpaired) electrons. The molecule has 5 nitrogen and oxygen atoms in total.